The predicted octanol–water partition coefficient (Wildman–Crippen LogP) is 1.18. The second-order valence-corrected chi connectivity index (χ2v) is 4.09. The summed E-state index contributed by atoms with van der Waals surface area (Å²) in [6, 6.07) is 7.94. The first kappa shape index (κ1) is 12.6. The zero-order chi connectivity index (χ0) is 12.8. The molecule has 0 saturated carbocycles. The van der Waals surface area contributed by atoms with Crippen LogP contribution in [0.4, 0.5) is 0 Å². The Labute approximate surface area is 110 Å². The Morgan fingerprint density at radius 1 is 1.39 bits per heavy atom. The molecule has 2 rings (SSSR count). The second kappa shape index (κ2) is 6.16. The van der Waals surface area contributed by atoms with Crippen LogP contribution in [0.1, 0.15) is 11.1 Å². The van der Waals surface area contributed by atoms with E-state index >= 15 is 0 Å². The molecule has 1 aromatic heterocycles. The van der Waals surface area contributed by atoms with Crippen molar-refractivity contribution < 1.29 is 4.79 Å². The lowest BCUT2D eigenvalue weighted by atomic mass is 10.1. The SMILES string of the molecule is O=C(CCl)NCc1cccc(Cn2cncn2)c1. The number of carbonyl (C=O) groups excluding carboxylic acids is 1. The molecule has 0 saturated heterocycles. The molecule has 0 unspecified atom stereocenters. The van der Waals surface area contributed by atoms with Gasteiger partial charge in [-0.25, -0.2) is 9.67 Å². The Morgan fingerprint density at radius 2 is 2.22 bits per heavy atom. The van der Waals surface area contributed by atoms with Gasteiger partial charge >= 0.3 is 0 Å². The van der Waals surface area contributed by atoms with Crippen molar-refractivity contribution >= 4 is 17.5 Å². The molecule has 1 amide bonds. The first-order valence-corrected chi connectivity index (χ1v) is 6.04. The molecule has 5 nitrogen and oxygen atoms in total. The molecule has 0 radical (unpaired) electrons. The van der Waals surface area contributed by atoms with E-state index in [-0.39, 0.29) is 11.8 Å². The molecule has 1 heterocycles. The molecular weight excluding hydrogens is 252 g/mol. The third-order valence-corrected chi connectivity index (χ3v) is 2.66. The van der Waals surface area contributed by atoms with Crippen LogP contribution in [0.25, 0.3) is 0 Å². The fourth-order valence-electron chi connectivity index (χ4n) is 1.59. The van der Waals surface area contributed by atoms with Gasteiger partial charge in [0.25, 0.3) is 0 Å². The van der Waals surface area contributed by atoms with E-state index in [4.69, 9.17) is 11.6 Å². The van der Waals surface area contributed by atoms with E-state index < -0.39 is 0 Å². The number of carbonyl (C=O) groups is 1. The van der Waals surface area contributed by atoms with Crippen molar-refractivity contribution in [1.29, 1.82) is 0 Å². The van der Waals surface area contributed by atoms with Crippen molar-refractivity contribution in [3.05, 3.63) is 48.0 Å². The zero-order valence-corrected chi connectivity index (χ0v) is 10.5. The lowest BCUT2D eigenvalue weighted by Crippen LogP contribution is -2.23. The quantitative estimate of drug-likeness (QED) is 0.825. The number of nitrogens with zero attached hydrogens (tertiary/aromatic N) is 3. The summed E-state index contributed by atoms with van der Waals surface area (Å²) < 4.78 is 1.75. The highest BCUT2D eigenvalue weighted by Gasteiger charge is 2.01. The van der Waals surface area contributed by atoms with Crippen LogP contribution in [0.2, 0.25) is 0 Å². The summed E-state index contributed by atoms with van der Waals surface area (Å²) >= 11 is 5.41. The Hall–Kier alpha value is -1.88. The number of rotatable bonds is 5. The van der Waals surface area contributed by atoms with Gasteiger partial charge in [-0.2, -0.15) is 5.10 Å². The summed E-state index contributed by atoms with van der Waals surface area (Å²) in [6.07, 6.45) is 3.17. The summed E-state index contributed by atoms with van der Waals surface area (Å²) in [5.41, 5.74) is 2.14. The van der Waals surface area contributed by atoms with E-state index in [2.05, 4.69) is 15.4 Å². The van der Waals surface area contributed by atoms with Crippen LogP contribution in [0.3, 0.4) is 0 Å². The maximum absolute atomic E-state index is 11.1. The van der Waals surface area contributed by atoms with Crippen molar-refractivity contribution in [1.82, 2.24) is 20.1 Å². The molecule has 1 aromatic carbocycles. The van der Waals surface area contributed by atoms with Crippen LogP contribution in [0.5, 0.6) is 0 Å². The molecule has 0 fully saturated rings. The number of halogens is 1. The largest absolute Gasteiger partial charge is 0.351 e. The van der Waals surface area contributed by atoms with E-state index in [0.29, 0.717) is 13.1 Å². The summed E-state index contributed by atoms with van der Waals surface area (Å²) in [7, 11) is 0. The van der Waals surface area contributed by atoms with Gasteiger partial charge in [-0.15, -0.1) is 11.6 Å². The molecule has 0 aliphatic heterocycles. The minimum atomic E-state index is -0.168. The van der Waals surface area contributed by atoms with Crippen LogP contribution in [0, 0.1) is 0 Å². The van der Waals surface area contributed by atoms with Gasteiger partial charge in [-0.05, 0) is 11.1 Å². The monoisotopic (exact) mass is 264 g/mol. The van der Waals surface area contributed by atoms with Crippen LogP contribution in [0.15, 0.2) is 36.9 Å². The van der Waals surface area contributed by atoms with Crippen molar-refractivity contribution in [3.63, 3.8) is 0 Å². The maximum atomic E-state index is 11.1. The fraction of sp³-hybridized carbons (Fsp3) is 0.250. The molecule has 0 aliphatic rings. The van der Waals surface area contributed by atoms with Gasteiger partial charge in [0.2, 0.25) is 5.91 Å². The smallest absolute Gasteiger partial charge is 0.235 e. The highest BCUT2D eigenvalue weighted by Crippen LogP contribution is 2.06. The van der Waals surface area contributed by atoms with E-state index in [0.717, 1.165) is 11.1 Å². The summed E-state index contributed by atoms with van der Waals surface area (Å²) in [6.45, 7) is 1.15. The maximum Gasteiger partial charge on any atom is 0.235 e. The molecule has 0 spiro atoms. The normalized spacial score (nSPS) is 10.3. The molecule has 0 bridgehead atoms. The summed E-state index contributed by atoms with van der Waals surface area (Å²) in [5, 5.41) is 6.78. The Balaban J connectivity index is 1.99. The fourth-order valence-corrected chi connectivity index (χ4v) is 1.68. The molecule has 2 aromatic rings. The number of amides is 1. The summed E-state index contributed by atoms with van der Waals surface area (Å²) in [5.74, 6) is -0.183. The van der Waals surface area contributed by atoms with Crippen LogP contribution in [-0.2, 0) is 17.9 Å². The van der Waals surface area contributed by atoms with Crippen molar-refractivity contribution in [2.45, 2.75) is 13.1 Å². The highest BCUT2D eigenvalue weighted by molar-refractivity contribution is 6.27. The second-order valence-electron chi connectivity index (χ2n) is 3.82. The van der Waals surface area contributed by atoms with E-state index in [1.807, 2.05) is 24.3 Å². The van der Waals surface area contributed by atoms with E-state index in [9.17, 15) is 4.79 Å². The lowest BCUT2D eigenvalue weighted by Gasteiger charge is -2.06. The standard InChI is InChI=1S/C12H13ClN4O/c13-5-12(18)15-6-10-2-1-3-11(4-10)7-17-9-14-8-16-17/h1-4,8-9H,5-7H2,(H,15,18). The third kappa shape index (κ3) is 3.56. The molecular formula is C12H13ClN4O. The van der Waals surface area contributed by atoms with Crippen LogP contribution < -0.4 is 5.32 Å². The Bertz CT molecular complexity index is 513. The van der Waals surface area contributed by atoms with Gasteiger partial charge in [0.1, 0.15) is 18.5 Å². The van der Waals surface area contributed by atoms with Gasteiger partial charge in [-0.1, -0.05) is 24.3 Å². The Kier molecular flexibility index (Phi) is 4.30. The minimum Gasteiger partial charge on any atom is -0.351 e. The highest BCUT2D eigenvalue weighted by atomic mass is 35.5. The molecule has 0 atom stereocenters. The van der Waals surface area contributed by atoms with Gasteiger partial charge in [-0.3, -0.25) is 4.79 Å². The van der Waals surface area contributed by atoms with Crippen molar-refractivity contribution in [2.24, 2.45) is 0 Å². The number of aromatic nitrogens is 3. The predicted molar refractivity (Wildman–Crippen MR) is 68.1 cm³/mol. The van der Waals surface area contributed by atoms with Crippen molar-refractivity contribution in [2.75, 3.05) is 5.88 Å². The van der Waals surface area contributed by atoms with Crippen LogP contribution >= 0.6 is 11.6 Å². The molecule has 1 N–H and O–H groups in total. The number of hydrogen-bond acceptors (Lipinski definition) is 3. The summed E-state index contributed by atoms with van der Waals surface area (Å²) in [4.78, 5) is 15.0. The van der Waals surface area contributed by atoms with E-state index in [1.165, 1.54) is 6.33 Å². The lowest BCUT2D eigenvalue weighted by molar-refractivity contribution is -0.118. The molecule has 6 heteroatoms. The molecule has 94 valence electrons. The van der Waals surface area contributed by atoms with E-state index in [1.54, 1.807) is 11.0 Å². The van der Waals surface area contributed by atoms with Crippen LogP contribution in [-0.4, -0.2) is 26.6 Å². The Morgan fingerprint density at radius 3 is 2.94 bits per heavy atom. The molecule has 18 heavy (non-hydrogen) atoms. The number of nitrogens with one attached hydrogen (secondary N) is 1. The van der Waals surface area contributed by atoms with Crippen molar-refractivity contribution in [3.8, 4) is 0 Å². The zero-order valence-electron chi connectivity index (χ0n) is 9.71. The number of benzene rings is 1. The average molecular weight is 265 g/mol. The first-order valence-electron chi connectivity index (χ1n) is 5.51. The number of hydrogen-bond donors (Lipinski definition) is 1. The average Bonchev–Trinajstić information content (AvgIpc) is 2.89. The topological polar surface area (TPSA) is 59.8 Å². The first-order chi connectivity index (χ1) is 8.78. The van der Waals surface area contributed by atoms with Gasteiger partial charge in [0.05, 0.1) is 6.54 Å². The number of alkyl halides is 1. The van der Waals surface area contributed by atoms with Gasteiger partial charge in [0.15, 0.2) is 0 Å². The van der Waals surface area contributed by atoms with Gasteiger partial charge in [0, 0.05) is 6.54 Å². The minimum absolute atomic E-state index is 0.0152. The molecule has 0 aliphatic carbocycles. The van der Waals surface area contributed by atoms with Gasteiger partial charge < -0.3 is 5.32 Å². The third-order valence-electron chi connectivity index (χ3n) is 2.41.